The molecule has 15 heavy (non-hydrogen) atoms. The maximum Gasteiger partial charge on any atom is 0.133 e. The minimum absolute atomic E-state index is 0.626. The molecule has 1 heterocycles. The Morgan fingerprint density at radius 1 is 1.47 bits per heavy atom. The van der Waals surface area contributed by atoms with Crippen molar-refractivity contribution < 1.29 is 0 Å². The molecule has 1 aliphatic carbocycles. The first-order valence-corrected chi connectivity index (χ1v) is 5.47. The van der Waals surface area contributed by atoms with Gasteiger partial charge in [-0.25, -0.2) is 9.97 Å². The monoisotopic (exact) mass is 206 g/mol. The highest BCUT2D eigenvalue weighted by atomic mass is 15.1. The molecule has 1 fully saturated rings. The smallest absolute Gasteiger partial charge is 0.133 e. The second-order valence-electron chi connectivity index (χ2n) is 4.30. The van der Waals surface area contributed by atoms with Crippen LogP contribution in [0.3, 0.4) is 0 Å². The maximum atomic E-state index is 4.49. The van der Waals surface area contributed by atoms with E-state index in [0.717, 1.165) is 24.7 Å². The highest BCUT2D eigenvalue weighted by Gasteiger charge is 2.26. The van der Waals surface area contributed by atoms with E-state index < -0.39 is 0 Å². The van der Waals surface area contributed by atoms with Crippen molar-refractivity contribution >= 4 is 5.82 Å². The molecular weight excluding hydrogens is 188 g/mol. The van der Waals surface area contributed by atoms with Crippen molar-refractivity contribution in [2.75, 3.05) is 32.5 Å². The van der Waals surface area contributed by atoms with Crippen LogP contribution in [0.15, 0.2) is 12.3 Å². The van der Waals surface area contributed by atoms with Crippen LogP contribution in [0.2, 0.25) is 0 Å². The standard InChI is InChI=1S/C11H18N4/c1-15(2)8-7-12-10-5-6-13-11(14-10)9-3-4-9/h5-6,9H,3-4,7-8H2,1-2H3,(H,12,13,14). The first-order valence-electron chi connectivity index (χ1n) is 5.47. The van der Waals surface area contributed by atoms with Crippen LogP contribution in [-0.2, 0) is 0 Å². The van der Waals surface area contributed by atoms with E-state index in [1.54, 1.807) is 0 Å². The van der Waals surface area contributed by atoms with E-state index >= 15 is 0 Å². The minimum Gasteiger partial charge on any atom is -0.369 e. The predicted octanol–water partition coefficient (Wildman–Crippen LogP) is 1.33. The lowest BCUT2D eigenvalue weighted by Gasteiger charge is -2.10. The van der Waals surface area contributed by atoms with Crippen molar-refractivity contribution in [3.05, 3.63) is 18.1 Å². The van der Waals surface area contributed by atoms with E-state index in [4.69, 9.17) is 0 Å². The molecular formula is C11H18N4. The van der Waals surface area contributed by atoms with Crippen LogP contribution >= 0.6 is 0 Å². The van der Waals surface area contributed by atoms with Gasteiger partial charge in [-0.1, -0.05) is 0 Å². The number of hydrogen-bond donors (Lipinski definition) is 1. The Hall–Kier alpha value is -1.16. The molecule has 0 aromatic carbocycles. The molecule has 2 rings (SSSR count). The summed E-state index contributed by atoms with van der Waals surface area (Å²) < 4.78 is 0. The number of nitrogens with one attached hydrogen (secondary N) is 1. The number of likely N-dealkylation sites (N-methyl/N-ethyl adjacent to an activating group) is 1. The summed E-state index contributed by atoms with van der Waals surface area (Å²) in [5.74, 6) is 2.58. The SMILES string of the molecule is CN(C)CCNc1ccnc(C2CC2)n1. The summed E-state index contributed by atoms with van der Waals surface area (Å²) in [6.45, 7) is 1.94. The number of aromatic nitrogens is 2. The van der Waals surface area contributed by atoms with E-state index in [0.29, 0.717) is 5.92 Å². The number of nitrogens with zero attached hydrogens (tertiary/aromatic N) is 3. The molecule has 4 nitrogen and oxygen atoms in total. The third-order valence-corrected chi connectivity index (χ3v) is 2.48. The van der Waals surface area contributed by atoms with Crippen LogP contribution in [-0.4, -0.2) is 42.1 Å². The van der Waals surface area contributed by atoms with E-state index in [1.165, 1.54) is 12.8 Å². The van der Waals surface area contributed by atoms with Crippen LogP contribution in [0.25, 0.3) is 0 Å². The van der Waals surface area contributed by atoms with Crippen molar-refractivity contribution in [1.29, 1.82) is 0 Å². The highest BCUT2D eigenvalue weighted by molar-refractivity contribution is 5.33. The summed E-state index contributed by atoms with van der Waals surface area (Å²) in [6.07, 6.45) is 4.35. The molecule has 1 saturated carbocycles. The summed E-state index contributed by atoms with van der Waals surface area (Å²) in [5, 5.41) is 3.31. The Kier molecular flexibility index (Phi) is 3.16. The first-order chi connectivity index (χ1) is 7.25. The zero-order chi connectivity index (χ0) is 10.7. The third kappa shape index (κ3) is 3.16. The Bertz CT molecular complexity index is 320. The van der Waals surface area contributed by atoms with E-state index in [1.807, 2.05) is 12.3 Å². The molecule has 0 unspecified atom stereocenters. The summed E-state index contributed by atoms with van der Waals surface area (Å²) >= 11 is 0. The maximum absolute atomic E-state index is 4.49. The van der Waals surface area contributed by atoms with Crippen LogP contribution in [0.1, 0.15) is 24.6 Å². The van der Waals surface area contributed by atoms with Crippen LogP contribution < -0.4 is 5.32 Å². The zero-order valence-electron chi connectivity index (χ0n) is 9.40. The first kappa shape index (κ1) is 10.4. The van der Waals surface area contributed by atoms with Gasteiger partial charge in [0, 0.05) is 25.2 Å². The van der Waals surface area contributed by atoms with Gasteiger partial charge in [-0.2, -0.15) is 0 Å². The van der Waals surface area contributed by atoms with Gasteiger partial charge in [0.05, 0.1) is 0 Å². The largest absolute Gasteiger partial charge is 0.369 e. The van der Waals surface area contributed by atoms with Gasteiger partial charge >= 0.3 is 0 Å². The Morgan fingerprint density at radius 3 is 2.93 bits per heavy atom. The van der Waals surface area contributed by atoms with E-state index in [-0.39, 0.29) is 0 Å². The summed E-state index contributed by atoms with van der Waals surface area (Å²) in [5.41, 5.74) is 0. The summed E-state index contributed by atoms with van der Waals surface area (Å²) in [4.78, 5) is 10.9. The third-order valence-electron chi connectivity index (χ3n) is 2.48. The lowest BCUT2D eigenvalue weighted by atomic mass is 10.4. The van der Waals surface area contributed by atoms with E-state index in [2.05, 4.69) is 34.3 Å². The normalized spacial score (nSPS) is 15.7. The molecule has 0 saturated heterocycles. The van der Waals surface area contributed by atoms with E-state index in [9.17, 15) is 0 Å². The number of rotatable bonds is 5. The quantitative estimate of drug-likeness (QED) is 0.789. The van der Waals surface area contributed by atoms with Gasteiger partial charge in [0.1, 0.15) is 11.6 Å². The lowest BCUT2D eigenvalue weighted by Crippen LogP contribution is -2.21. The van der Waals surface area contributed by atoms with Crippen molar-refractivity contribution in [2.24, 2.45) is 0 Å². The summed E-state index contributed by atoms with van der Waals surface area (Å²) in [7, 11) is 4.13. The number of hydrogen-bond acceptors (Lipinski definition) is 4. The van der Waals surface area contributed by atoms with Gasteiger partial charge < -0.3 is 10.2 Å². The van der Waals surface area contributed by atoms with Crippen molar-refractivity contribution in [1.82, 2.24) is 14.9 Å². The minimum atomic E-state index is 0.626. The molecule has 1 N–H and O–H groups in total. The fourth-order valence-electron chi connectivity index (χ4n) is 1.42. The van der Waals surface area contributed by atoms with Gasteiger partial charge in [0.2, 0.25) is 0 Å². The lowest BCUT2D eigenvalue weighted by molar-refractivity contribution is 0.425. The average Bonchev–Trinajstić information content (AvgIpc) is 3.01. The van der Waals surface area contributed by atoms with Gasteiger partial charge in [0.25, 0.3) is 0 Å². The molecule has 0 bridgehead atoms. The van der Waals surface area contributed by atoms with Crippen molar-refractivity contribution in [3.8, 4) is 0 Å². The van der Waals surface area contributed by atoms with Crippen LogP contribution in [0.4, 0.5) is 5.82 Å². The van der Waals surface area contributed by atoms with Crippen molar-refractivity contribution in [2.45, 2.75) is 18.8 Å². The molecule has 0 spiro atoms. The number of anilines is 1. The molecule has 0 amide bonds. The molecule has 0 atom stereocenters. The topological polar surface area (TPSA) is 41.0 Å². The molecule has 4 heteroatoms. The zero-order valence-corrected chi connectivity index (χ0v) is 9.40. The Balaban J connectivity index is 1.87. The molecule has 1 aromatic rings. The van der Waals surface area contributed by atoms with Crippen molar-refractivity contribution in [3.63, 3.8) is 0 Å². The fourth-order valence-corrected chi connectivity index (χ4v) is 1.42. The second kappa shape index (κ2) is 4.57. The van der Waals surface area contributed by atoms with Crippen LogP contribution in [0, 0.1) is 0 Å². The molecule has 1 aliphatic rings. The fraction of sp³-hybridized carbons (Fsp3) is 0.636. The molecule has 0 radical (unpaired) electrons. The second-order valence-corrected chi connectivity index (χ2v) is 4.30. The molecule has 1 aromatic heterocycles. The predicted molar refractivity (Wildman–Crippen MR) is 61.1 cm³/mol. The van der Waals surface area contributed by atoms with Gasteiger partial charge in [-0.3, -0.25) is 0 Å². The van der Waals surface area contributed by atoms with Gasteiger partial charge in [-0.05, 0) is 33.0 Å². The molecule has 0 aliphatic heterocycles. The van der Waals surface area contributed by atoms with Crippen LogP contribution in [0.5, 0.6) is 0 Å². The average molecular weight is 206 g/mol. The Morgan fingerprint density at radius 2 is 2.27 bits per heavy atom. The van der Waals surface area contributed by atoms with Gasteiger partial charge in [-0.15, -0.1) is 0 Å². The molecule has 82 valence electrons. The van der Waals surface area contributed by atoms with Gasteiger partial charge in [0.15, 0.2) is 0 Å². The highest BCUT2D eigenvalue weighted by Crippen LogP contribution is 2.37. The summed E-state index contributed by atoms with van der Waals surface area (Å²) in [6, 6.07) is 1.93. The Labute approximate surface area is 90.7 Å².